The summed E-state index contributed by atoms with van der Waals surface area (Å²) >= 11 is 0. The fraction of sp³-hybridized carbons (Fsp3) is 0.333. The average molecular weight is 126 g/mol. The van der Waals surface area contributed by atoms with E-state index in [-0.39, 0.29) is 0 Å². The van der Waals surface area contributed by atoms with Crippen LogP contribution in [0.5, 0.6) is 0 Å². The predicted octanol–water partition coefficient (Wildman–Crippen LogP) is 0.928. The zero-order valence-electron chi connectivity index (χ0n) is 5.59. The number of furan rings is 1. The first-order valence-electron chi connectivity index (χ1n) is 2.73. The minimum absolute atomic E-state index is 0.457. The Labute approximate surface area is 54.1 Å². The smallest absolute Gasteiger partial charge is 0.197 e. The molecular weight excluding hydrogens is 116 g/mol. The lowest BCUT2D eigenvalue weighted by atomic mass is 10.6. The van der Waals surface area contributed by atoms with E-state index in [0.717, 1.165) is 5.88 Å². The molecule has 50 valence electrons. The summed E-state index contributed by atoms with van der Waals surface area (Å²) < 4.78 is 5.05. The van der Waals surface area contributed by atoms with Crippen molar-refractivity contribution < 1.29 is 4.42 Å². The highest BCUT2D eigenvalue weighted by Crippen LogP contribution is 2.16. The first-order valence-corrected chi connectivity index (χ1v) is 2.73. The molecule has 0 amide bonds. The van der Waals surface area contributed by atoms with Crippen LogP contribution in [0, 0.1) is 0 Å². The molecule has 0 aliphatic heterocycles. The van der Waals surface area contributed by atoms with Crippen LogP contribution in [-0.4, -0.2) is 14.1 Å². The number of nitrogens with zero attached hydrogens (tertiary/aromatic N) is 1. The number of nitrogen functional groups attached to an aromatic ring is 1. The molecule has 0 atom stereocenters. The maximum absolute atomic E-state index is 5.32. The Morgan fingerprint density at radius 2 is 2.11 bits per heavy atom. The summed E-state index contributed by atoms with van der Waals surface area (Å²) in [7, 11) is 3.80. The summed E-state index contributed by atoms with van der Waals surface area (Å²) in [5, 5.41) is 0. The van der Waals surface area contributed by atoms with Gasteiger partial charge in [-0.15, -0.1) is 0 Å². The van der Waals surface area contributed by atoms with Gasteiger partial charge in [-0.2, -0.15) is 0 Å². The van der Waals surface area contributed by atoms with Gasteiger partial charge in [-0.25, -0.2) is 0 Å². The first-order chi connectivity index (χ1) is 4.20. The quantitative estimate of drug-likeness (QED) is 0.608. The Balaban J connectivity index is 2.85. The van der Waals surface area contributed by atoms with Crippen molar-refractivity contribution in [2.45, 2.75) is 0 Å². The maximum Gasteiger partial charge on any atom is 0.197 e. The molecule has 1 heterocycles. The molecule has 0 unspecified atom stereocenters. The standard InChI is InChI=1S/C6H10N2O/c1-8(2)6-4-3-5(7)9-6/h3-4H,7H2,1-2H3. The van der Waals surface area contributed by atoms with Crippen molar-refractivity contribution in [1.82, 2.24) is 0 Å². The third-order valence-corrected chi connectivity index (χ3v) is 1.05. The fourth-order valence-corrected chi connectivity index (χ4v) is 0.583. The molecule has 0 fully saturated rings. The van der Waals surface area contributed by atoms with E-state index in [1.807, 2.05) is 25.1 Å². The molecule has 2 N–H and O–H groups in total. The Morgan fingerprint density at radius 3 is 2.33 bits per heavy atom. The molecule has 0 spiro atoms. The van der Waals surface area contributed by atoms with Gasteiger partial charge in [0, 0.05) is 26.2 Å². The lowest BCUT2D eigenvalue weighted by Gasteiger charge is -2.05. The molecule has 0 bridgehead atoms. The van der Waals surface area contributed by atoms with Gasteiger partial charge in [-0.3, -0.25) is 0 Å². The van der Waals surface area contributed by atoms with E-state index in [2.05, 4.69) is 0 Å². The van der Waals surface area contributed by atoms with Gasteiger partial charge in [0.1, 0.15) is 0 Å². The topological polar surface area (TPSA) is 42.4 Å². The molecule has 0 aromatic carbocycles. The summed E-state index contributed by atoms with van der Waals surface area (Å²) in [5.74, 6) is 1.24. The lowest BCUT2D eigenvalue weighted by molar-refractivity contribution is 0.584. The van der Waals surface area contributed by atoms with Crippen molar-refractivity contribution in [3.63, 3.8) is 0 Å². The lowest BCUT2D eigenvalue weighted by Crippen LogP contribution is -2.06. The molecule has 1 aromatic heterocycles. The summed E-state index contributed by atoms with van der Waals surface area (Å²) in [6, 6.07) is 3.56. The predicted molar refractivity (Wildman–Crippen MR) is 37.4 cm³/mol. The minimum Gasteiger partial charge on any atom is -0.425 e. The zero-order valence-corrected chi connectivity index (χ0v) is 5.59. The number of hydrogen-bond acceptors (Lipinski definition) is 3. The zero-order chi connectivity index (χ0) is 6.85. The molecular formula is C6H10N2O. The summed E-state index contributed by atoms with van der Waals surface area (Å²) in [6.07, 6.45) is 0. The van der Waals surface area contributed by atoms with Crippen LogP contribution in [0.1, 0.15) is 0 Å². The van der Waals surface area contributed by atoms with Gasteiger partial charge in [-0.1, -0.05) is 0 Å². The van der Waals surface area contributed by atoms with Crippen molar-refractivity contribution in [2.75, 3.05) is 24.7 Å². The molecule has 0 radical (unpaired) electrons. The third-order valence-electron chi connectivity index (χ3n) is 1.05. The van der Waals surface area contributed by atoms with Crippen LogP contribution >= 0.6 is 0 Å². The van der Waals surface area contributed by atoms with E-state index in [1.165, 1.54) is 0 Å². The first kappa shape index (κ1) is 6.01. The van der Waals surface area contributed by atoms with Gasteiger partial charge in [0.05, 0.1) is 0 Å². The number of hydrogen-bond donors (Lipinski definition) is 1. The second kappa shape index (κ2) is 2.01. The molecule has 0 aliphatic carbocycles. The van der Waals surface area contributed by atoms with Crippen molar-refractivity contribution in [1.29, 1.82) is 0 Å². The monoisotopic (exact) mass is 126 g/mol. The maximum atomic E-state index is 5.32. The minimum atomic E-state index is 0.457. The van der Waals surface area contributed by atoms with Crippen molar-refractivity contribution >= 4 is 11.8 Å². The van der Waals surface area contributed by atoms with Crippen LogP contribution in [0.2, 0.25) is 0 Å². The van der Waals surface area contributed by atoms with Crippen LogP contribution in [0.4, 0.5) is 11.8 Å². The van der Waals surface area contributed by atoms with E-state index in [1.54, 1.807) is 6.07 Å². The molecule has 3 nitrogen and oxygen atoms in total. The summed E-state index contributed by atoms with van der Waals surface area (Å²) in [4.78, 5) is 1.86. The molecule has 0 saturated carbocycles. The summed E-state index contributed by atoms with van der Waals surface area (Å²) in [5.41, 5.74) is 5.32. The normalized spacial score (nSPS) is 9.56. The van der Waals surface area contributed by atoms with Crippen LogP contribution in [-0.2, 0) is 0 Å². The fourth-order valence-electron chi connectivity index (χ4n) is 0.583. The highest BCUT2D eigenvalue weighted by Gasteiger charge is 1.97. The van der Waals surface area contributed by atoms with Gasteiger partial charge in [0.2, 0.25) is 0 Å². The number of nitrogens with two attached hydrogens (primary N) is 1. The van der Waals surface area contributed by atoms with Crippen LogP contribution in [0.25, 0.3) is 0 Å². The number of rotatable bonds is 1. The van der Waals surface area contributed by atoms with E-state index in [9.17, 15) is 0 Å². The van der Waals surface area contributed by atoms with Gasteiger partial charge in [-0.05, 0) is 0 Å². The Hall–Kier alpha value is -1.12. The van der Waals surface area contributed by atoms with E-state index in [4.69, 9.17) is 10.2 Å². The molecule has 1 aromatic rings. The van der Waals surface area contributed by atoms with Crippen LogP contribution in [0.3, 0.4) is 0 Å². The molecule has 3 heteroatoms. The van der Waals surface area contributed by atoms with Crippen molar-refractivity contribution in [2.24, 2.45) is 0 Å². The Kier molecular flexibility index (Phi) is 1.34. The van der Waals surface area contributed by atoms with Gasteiger partial charge >= 0.3 is 0 Å². The second-order valence-corrected chi connectivity index (χ2v) is 2.07. The second-order valence-electron chi connectivity index (χ2n) is 2.07. The van der Waals surface area contributed by atoms with Crippen LogP contribution < -0.4 is 10.6 Å². The summed E-state index contributed by atoms with van der Waals surface area (Å²) in [6.45, 7) is 0. The molecule has 1 rings (SSSR count). The van der Waals surface area contributed by atoms with Gasteiger partial charge < -0.3 is 15.1 Å². The Bertz CT molecular complexity index is 193. The average Bonchev–Trinajstić information content (AvgIpc) is 2.14. The van der Waals surface area contributed by atoms with Crippen LogP contribution in [0.15, 0.2) is 16.5 Å². The van der Waals surface area contributed by atoms with Gasteiger partial charge in [0.25, 0.3) is 0 Å². The number of anilines is 2. The van der Waals surface area contributed by atoms with Gasteiger partial charge in [0.15, 0.2) is 11.8 Å². The molecule has 0 aliphatic rings. The SMILES string of the molecule is CN(C)c1ccc(N)o1. The van der Waals surface area contributed by atoms with E-state index < -0.39 is 0 Å². The highest BCUT2D eigenvalue weighted by atomic mass is 16.4. The largest absolute Gasteiger partial charge is 0.425 e. The van der Waals surface area contributed by atoms with Crippen molar-refractivity contribution in [3.05, 3.63) is 12.1 Å². The molecule has 0 saturated heterocycles. The van der Waals surface area contributed by atoms with E-state index >= 15 is 0 Å². The van der Waals surface area contributed by atoms with Crippen molar-refractivity contribution in [3.8, 4) is 0 Å². The molecule has 9 heavy (non-hydrogen) atoms. The third kappa shape index (κ3) is 1.16. The highest BCUT2D eigenvalue weighted by molar-refractivity contribution is 5.40. The Morgan fingerprint density at radius 1 is 1.44 bits per heavy atom. The van der Waals surface area contributed by atoms with E-state index in [0.29, 0.717) is 5.88 Å².